The molecule has 170 valence electrons. The Bertz CT molecular complexity index is 1070. The van der Waals surface area contributed by atoms with Crippen molar-refractivity contribution in [2.75, 3.05) is 18.8 Å². The lowest BCUT2D eigenvalue weighted by atomic mass is 9.92. The summed E-state index contributed by atoms with van der Waals surface area (Å²) in [5.74, 6) is 1.78. The van der Waals surface area contributed by atoms with Gasteiger partial charge >= 0.3 is 6.09 Å². The van der Waals surface area contributed by atoms with Gasteiger partial charge in [-0.25, -0.2) is 18.2 Å². The van der Waals surface area contributed by atoms with Crippen molar-refractivity contribution in [2.45, 2.75) is 64.3 Å². The van der Waals surface area contributed by atoms with Crippen LogP contribution in [0, 0.1) is 17.3 Å². The Morgan fingerprint density at radius 1 is 1.13 bits per heavy atom. The predicted molar refractivity (Wildman–Crippen MR) is 120 cm³/mol. The number of imidazole rings is 1. The minimum Gasteiger partial charge on any atom is -0.465 e. The Balaban J connectivity index is 1.57. The van der Waals surface area contributed by atoms with E-state index >= 15 is 0 Å². The summed E-state index contributed by atoms with van der Waals surface area (Å²) in [7, 11) is -3.45. The number of amides is 1. The highest BCUT2D eigenvalue weighted by molar-refractivity contribution is 7.91. The van der Waals surface area contributed by atoms with E-state index in [1.165, 1.54) is 17.7 Å². The minimum atomic E-state index is -3.45. The van der Waals surface area contributed by atoms with E-state index in [2.05, 4.69) is 25.3 Å². The minimum absolute atomic E-state index is 0.0137. The third kappa shape index (κ3) is 5.22. The molecule has 1 aliphatic heterocycles. The zero-order valence-electron chi connectivity index (χ0n) is 18.7. The van der Waals surface area contributed by atoms with E-state index in [-0.39, 0.29) is 17.1 Å². The number of hydrogen-bond donors (Lipinski definition) is 1. The Hall–Kier alpha value is -2.09. The monoisotopic (exact) mass is 447 g/mol. The van der Waals surface area contributed by atoms with E-state index in [9.17, 15) is 13.2 Å². The van der Waals surface area contributed by atoms with Gasteiger partial charge in [-0.05, 0) is 61.1 Å². The zero-order valence-corrected chi connectivity index (χ0v) is 19.5. The van der Waals surface area contributed by atoms with Gasteiger partial charge in [0, 0.05) is 26.1 Å². The second kappa shape index (κ2) is 8.11. The van der Waals surface area contributed by atoms with Crippen LogP contribution in [0.3, 0.4) is 0 Å². The van der Waals surface area contributed by atoms with E-state index in [1.54, 1.807) is 12.1 Å². The number of carboxylic acid groups (broad SMARTS) is 1. The van der Waals surface area contributed by atoms with Crippen LogP contribution < -0.4 is 0 Å². The fourth-order valence-corrected chi connectivity index (χ4v) is 6.13. The first kappa shape index (κ1) is 22.1. The van der Waals surface area contributed by atoms with Gasteiger partial charge < -0.3 is 14.6 Å². The number of fused-ring (bicyclic) bond motifs is 1. The molecular formula is C23H33N3O4S. The molecule has 4 rings (SSSR count). The number of aromatic nitrogens is 2. The molecule has 1 amide bonds. The molecule has 0 atom stereocenters. The van der Waals surface area contributed by atoms with Crippen molar-refractivity contribution in [3.8, 4) is 0 Å². The highest BCUT2D eigenvalue weighted by Gasteiger charge is 2.29. The van der Waals surface area contributed by atoms with Crippen LogP contribution >= 0.6 is 0 Å². The first-order valence-corrected chi connectivity index (χ1v) is 12.9. The SMILES string of the molecule is CC(C)(C)Cc1nc2cc(S(=O)(=O)CC3CCN(C(=O)O)CC3)ccc2n1CC1CC1. The molecule has 2 aromatic rings. The summed E-state index contributed by atoms with van der Waals surface area (Å²) in [5, 5.41) is 9.09. The Kier molecular flexibility index (Phi) is 5.79. The highest BCUT2D eigenvalue weighted by Crippen LogP contribution is 2.34. The number of piperidine rings is 1. The highest BCUT2D eigenvalue weighted by atomic mass is 32.2. The second-order valence-electron chi connectivity index (χ2n) is 10.5. The second-order valence-corrected chi connectivity index (χ2v) is 12.5. The number of sulfone groups is 1. The predicted octanol–water partition coefficient (Wildman–Crippen LogP) is 4.20. The van der Waals surface area contributed by atoms with Crippen molar-refractivity contribution in [3.63, 3.8) is 0 Å². The molecule has 1 aliphatic carbocycles. The lowest BCUT2D eigenvalue weighted by Crippen LogP contribution is -2.39. The van der Waals surface area contributed by atoms with Gasteiger partial charge in [-0.1, -0.05) is 20.8 Å². The molecule has 31 heavy (non-hydrogen) atoms. The van der Waals surface area contributed by atoms with Gasteiger partial charge in [-0.2, -0.15) is 0 Å². The van der Waals surface area contributed by atoms with Crippen molar-refractivity contribution < 1.29 is 18.3 Å². The lowest BCUT2D eigenvalue weighted by Gasteiger charge is -2.29. The molecule has 0 spiro atoms. The van der Waals surface area contributed by atoms with Crippen LogP contribution in [0.15, 0.2) is 23.1 Å². The third-order valence-electron chi connectivity index (χ3n) is 6.32. The van der Waals surface area contributed by atoms with Gasteiger partial charge in [-0.15, -0.1) is 0 Å². The summed E-state index contributed by atoms with van der Waals surface area (Å²) < 4.78 is 28.5. The average molecular weight is 448 g/mol. The summed E-state index contributed by atoms with van der Waals surface area (Å²) in [6.07, 6.45) is 3.58. The normalized spacial score (nSPS) is 18.6. The molecule has 0 unspecified atom stereocenters. The summed E-state index contributed by atoms with van der Waals surface area (Å²) in [6, 6.07) is 5.36. The number of benzene rings is 1. The van der Waals surface area contributed by atoms with E-state index in [0.717, 1.165) is 29.8 Å². The molecule has 1 aromatic heterocycles. The summed E-state index contributed by atoms with van der Waals surface area (Å²) in [4.78, 5) is 17.6. The van der Waals surface area contributed by atoms with Crippen molar-refractivity contribution in [1.29, 1.82) is 0 Å². The van der Waals surface area contributed by atoms with Crippen LogP contribution in [0.4, 0.5) is 4.79 Å². The van der Waals surface area contributed by atoms with Crippen LogP contribution in [0.1, 0.15) is 52.3 Å². The van der Waals surface area contributed by atoms with Crippen LogP contribution in [-0.4, -0.2) is 52.9 Å². The van der Waals surface area contributed by atoms with E-state index in [1.807, 2.05) is 6.07 Å². The number of carbonyl (C=O) groups is 1. The number of hydrogen-bond acceptors (Lipinski definition) is 4. The average Bonchev–Trinajstić information content (AvgIpc) is 3.43. The molecule has 0 bridgehead atoms. The first-order valence-electron chi connectivity index (χ1n) is 11.2. The smallest absolute Gasteiger partial charge is 0.407 e. The van der Waals surface area contributed by atoms with Crippen LogP contribution in [0.5, 0.6) is 0 Å². The number of nitrogens with zero attached hydrogens (tertiary/aromatic N) is 3. The molecule has 1 saturated heterocycles. The Morgan fingerprint density at radius 2 is 1.81 bits per heavy atom. The molecule has 7 nitrogen and oxygen atoms in total. The first-order chi connectivity index (χ1) is 14.5. The topological polar surface area (TPSA) is 92.5 Å². The lowest BCUT2D eigenvalue weighted by molar-refractivity contribution is 0.127. The summed E-state index contributed by atoms with van der Waals surface area (Å²) in [6.45, 7) is 8.33. The third-order valence-corrected chi connectivity index (χ3v) is 8.21. The van der Waals surface area contributed by atoms with Gasteiger partial charge in [0.1, 0.15) is 5.82 Å². The maximum atomic E-state index is 13.1. The molecule has 1 saturated carbocycles. The molecule has 1 aromatic carbocycles. The van der Waals surface area contributed by atoms with Gasteiger partial charge in [0.05, 0.1) is 21.7 Å². The molecule has 2 fully saturated rings. The Labute approximate surface area is 184 Å². The van der Waals surface area contributed by atoms with Gasteiger partial charge in [-0.3, -0.25) is 0 Å². The molecule has 8 heteroatoms. The Morgan fingerprint density at radius 3 is 2.39 bits per heavy atom. The zero-order chi connectivity index (χ0) is 22.4. The number of likely N-dealkylation sites (tertiary alicyclic amines) is 1. The van der Waals surface area contributed by atoms with Gasteiger partial charge in [0.2, 0.25) is 0 Å². The van der Waals surface area contributed by atoms with Crippen LogP contribution in [0.2, 0.25) is 0 Å². The quantitative estimate of drug-likeness (QED) is 0.716. The summed E-state index contributed by atoms with van der Waals surface area (Å²) >= 11 is 0. The fraction of sp³-hybridized carbons (Fsp3) is 0.652. The van der Waals surface area contributed by atoms with E-state index < -0.39 is 15.9 Å². The van der Waals surface area contributed by atoms with Gasteiger partial charge in [0.15, 0.2) is 9.84 Å². The largest absolute Gasteiger partial charge is 0.465 e. The van der Waals surface area contributed by atoms with Crippen molar-refractivity contribution >= 4 is 27.0 Å². The van der Waals surface area contributed by atoms with E-state index in [4.69, 9.17) is 10.1 Å². The van der Waals surface area contributed by atoms with Crippen molar-refractivity contribution in [1.82, 2.24) is 14.5 Å². The molecule has 0 radical (unpaired) electrons. The molecule has 1 N–H and O–H groups in total. The van der Waals surface area contributed by atoms with Gasteiger partial charge in [0.25, 0.3) is 0 Å². The maximum absolute atomic E-state index is 13.1. The standard InChI is InChI=1S/C23H33N3O4S/c1-23(2,3)13-21-24-19-12-18(6-7-20(19)26(21)14-16-4-5-16)31(29,30)15-17-8-10-25(11-9-17)22(27)28/h6-7,12,16-17H,4-5,8-11,13-15H2,1-3H3,(H,27,28). The fourth-order valence-electron chi connectivity index (χ4n) is 4.42. The van der Waals surface area contributed by atoms with Crippen molar-refractivity contribution in [2.24, 2.45) is 17.3 Å². The molecular weight excluding hydrogens is 414 g/mol. The van der Waals surface area contributed by atoms with Crippen LogP contribution in [-0.2, 0) is 22.8 Å². The van der Waals surface area contributed by atoms with Crippen molar-refractivity contribution in [3.05, 3.63) is 24.0 Å². The maximum Gasteiger partial charge on any atom is 0.407 e. The molecule has 2 aliphatic rings. The van der Waals surface area contributed by atoms with Crippen LogP contribution in [0.25, 0.3) is 11.0 Å². The number of rotatable bonds is 6. The summed E-state index contributed by atoms with van der Waals surface area (Å²) in [5.41, 5.74) is 1.86. The molecule has 2 heterocycles. The van der Waals surface area contributed by atoms with E-state index in [0.29, 0.717) is 36.7 Å².